The van der Waals surface area contributed by atoms with Gasteiger partial charge in [-0.3, -0.25) is 9.69 Å². The number of carbonyl (C=O) groups is 1. The van der Waals surface area contributed by atoms with E-state index in [1.807, 2.05) is 6.07 Å². The SMILES string of the molecule is NCc1cc(C(=O)NCC(c2cccs2)N2CCOCC2)co1. The molecule has 3 N–H and O–H groups in total. The number of hydrogen-bond acceptors (Lipinski definition) is 6. The number of furan rings is 1. The van der Waals surface area contributed by atoms with Gasteiger partial charge in [-0.1, -0.05) is 6.07 Å². The third-order valence-corrected chi connectivity index (χ3v) is 4.90. The fourth-order valence-corrected chi connectivity index (χ4v) is 3.54. The highest BCUT2D eigenvalue weighted by atomic mass is 32.1. The fraction of sp³-hybridized carbons (Fsp3) is 0.438. The second-order valence-electron chi connectivity index (χ2n) is 5.40. The van der Waals surface area contributed by atoms with Crippen molar-refractivity contribution in [2.45, 2.75) is 12.6 Å². The summed E-state index contributed by atoms with van der Waals surface area (Å²) in [7, 11) is 0. The molecular weight excluding hydrogens is 314 g/mol. The topological polar surface area (TPSA) is 80.7 Å². The summed E-state index contributed by atoms with van der Waals surface area (Å²) in [6, 6.07) is 6.01. The molecule has 1 fully saturated rings. The van der Waals surface area contributed by atoms with Crippen molar-refractivity contribution in [1.82, 2.24) is 10.2 Å². The van der Waals surface area contributed by atoms with Crippen molar-refractivity contribution in [3.63, 3.8) is 0 Å². The van der Waals surface area contributed by atoms with Gasteiger partial charge in [0.15, 0.2) is 0 Å². The predicted molar refractivity (Wildman–Crippen MR) is 88.4 cm³/mol. The second kappa shape index (κ2) is 7.74. The van der Waals surface area contributed by atoms with E-state index in [0.717, 1.165) is 26.3 Å². The average Bonchev–Trinajstić information content (AvgIpc) is 3.27. The van der Waals surface area contributed by atoms with E-state index in [4.69, 9.17) is 14.9 Å². The largest absolute Gasteiger partial charge is 0.467 e. The number of nitrogens with one attached hydrogen (secondary N) is 1. The van der Waals surface area contributed by atoms with Gasteiger partial charge in [-0.25, -0.2) is 0 Å². The Hall–Kier alpha value is -1.67. The van der Waals surface area contributed by atoms with Gasteiger partial charge in [0.05, 0.1) is 31.4 Å². The first-order valence-corrected chi connectivity index (χ1v) is 8.57. The minimum Gasteiger partial charge on any atom is -0.467 e. The van der Waals surface area contributed by atoms with Crippen LogP contribution in [-0.4, -0.2) is 43.7 Å². The maximum Gasteiger partial charge on any atom is 0.254 e. The summed E-state index contributed by atoms with van der Waals surface area (Å²) < 4.78 is 10.6. The Kier molecular flexibility index (Phi) is 5.45. The summed E-state index contributed by atoms with van der Waals surface area (Å²) >= 11 is 1.71. The molecule has 0 aromatic carbocycles. The monoisotopic (exact) mass is 335 g/mol. The van der Waals surface area contributed by atoms with Crippen LogP contribution < -0.4 is 11.1 Å². The zero-order valence-corrected chi connectivity index (χ0v) is 13.7. The number of nitrogens with two attached hydrogens (primary N) is 1. The number of thiophene rings is 1. The zero-order chi connectivity index (χ0) is 16.1. The molecule has 0 bridgehead atoms. The molecule has 2 aromatic heterocycles. The zero-order valence-electron chi connectivity index (χ0n) is 12.9. The lowest BCUT2D eigenvalue weighted by atomic mass is 10.1. The van der Waals surface area contributed by atoms with Crippen LogP contribution in [0.5, 0.6) is 0 Å². The molecule has 0 spiro atoms. The lowest BCUT2D eigenvalue weighted by Gasteiger charge is -2.34. The van der Waals surface area contributed by atoms with Crippen LogP contribution in [0.15, 0.2) is 34.3 Å². The first-order chi connectivity index (χ1) is 11.3. The van der Waals surface area contributed by atoms with Crippen LogP contribution >= 0.6 is 11.3 Å². The molecule has 3 rings (SSSR count). The van der Waals surface area contributed by atoms with Crippen LogP contribution in [0.3, 0.4) is 0 Å². The van der Waals surface area contributed by atoms with E-state index >= 15 is 0 Å². The molecule has 1 aliphatic rings. The summed E-state index contributed by atoms with van der Waals surface area (Å²) in [6.07, 6.45) is 1.45. The minimum absolute atomic E-state index is 0.136. The molecule has 3 heterocycles. The highest BCUT2D eigenvalue weighted by molar-refractivity contribution is 7.10. The van der Waals surface area contributed by atoms with Crippen molar-refractivity contribution < 1.29 is 13.9 Å². The van der Waals surface area contributed by atoms with Crippen LogP contribution in [-0.2, 0) is 11.3 Å². The maximum absolute atomic E-state index is 12.3. The molecule has 1 atom stereocenters. The molecule has 1 saturated heterocycles. The highest BCUT2D eigenvalue weighted by Crippen LogP contribution is 2.25. The van der Waals surface area contributed by atoms with Crippen molar-refractivity contribution in [3.8, 4) is 0 Å². The van der Waals surface area contributed by atoms with Crippen molar-refractivity contribution in [2.24, 2.45) is 5.73 Å². The van der Waals surface area contributed by atoms with Gasteiger partial charge < -0.3 is 20.2 Å². The Morgan fingerprint density at radius 2 is 2.26 bits per heavy atom. The molecule has 2 aromatic rings. The van der Waals surface area contributed by atoms with Gasteiger partial charge in [0, 0.05) is 24.5 Å². The lowest BCUT2D eigenvalue weighted by molar-refractivity contribution is 0.0169. The number of amides is 1. The molecule has 0 aliphatic carbocycles. The highest BCUT2D eigenvalue weighted by Gasteiger charge is 2.24. The summed E-state index contributed by atoms with van der Waals surface area (Å²) in [5, 5.41) is 5.07. The first kappa shape index (κ1) is 16.2. The summed E-state index contributed by atoms with van der Waals surface area (Å²) in [6.45, 7) is 4.07. The molecule has 1 unspecified atom stereocenters. The first-order valence-electron chi connectivity index (χ1n) is 7.69. The van der Waals surface area contributed by atoms with Crippen LogP contribution in [0, 0.1) is 0 Å². The molecule has 23 heavy (non-hydrogen) atoms. The van der Waals surface area contributed by atoms with Crippen molar-refractivity contribution in [3.05, 3.63) is 46.0 Å². The number of nitrogens with zero attached hydrogens (tertiary/aromatic N) is 1. The molecule has 124 valence electrons. The van der Waals surface area contributed by atoms with E-state index in [1.54, 1.807) is 17.4 Å². The number of hydrogen-bond donors (Lipinski definition) is 2. The lowest BCUT2D eigenvalue weighted by Crippen LogP contribution is -2.43. The standard InChI is InChI=1S/C16H21N3O3S/c17-9-13-8-12(11-22-13)16(20)18-10-14(15-2-1-7-23-15)19-3-5-21-6-4-19/h1-2,7-8,11,14H,3-6,9-10,17H2,(H,18,20). The normalized spacial score (nSPS) is 17.1. The quantitative estimate of drug-likeness (QED) is 0.838. The van der Waals surface area contributed by atoms with Gasteiger partial charge in [0.1, 0.15) is 12.0 Å². The van der Waals surface area contributed by atoms with Crippen molar-refractivity contribution >= 4 is 17.2 Å². The Morgan fingerprint density at radius 3 is 2.91 bits per heavy atom. The number of carbonyl (C=O) groups excluding carboxylic acids is 1. The Morgan fingerprint density at radius 1 is 1.43 bits per heavy atom. The van der Waals surface area contributed by atoms with Gasteiger partial charge in [-0.2, -0.15) is 0 Å². The second-order valence-corrected chi connectivity index (χ2v) is 6.37. The van der Waals surface area contributed by atoms with Gasteiger partial charge >= 0.3 is 0 Å². The van der Waals surface area contributed by atoms with Gasteiger partial charge in [-0.15, -0.1) is 11.3 Å². The third kappa shape index (κ3) is 4.00. The Balaban J connectivity index is 1.65. The molecule has 6 nitrogen and oxygen atoms in total. The number of morpholine rings is 1. The third-order valence-electron chi connectivity index (χ3n) is 3.93. The van der Waals surface area contributed by atoms with Gasteiger partial charge in [0.25, 0.3) is 5.91 Å². The molecule has 0 saturated carbocycles. The Bertz CT molecular complexity index is 620. The smallest absolute Gasteiger partial charge is 0.254 e. The van der Waals surface area contributed by atoms with E-state index in [-0.39, 0.29) is 11.9 Å². The number of ether oxygens (including phenoxy) is 1. The minimum atomic E-state index is -0.136. The number of rotatable bonds is 6. The predicted octanol–water partition coefficient (Wildman–Crippen LogP) is 1.60. The summed E-state index contributed by atoms with van der Waals surface area (Å²) in [5.41, 5.74) is 6.02. The summed E-state index contributed by atoms with van der Waals surface area (Å²) in [5.74, 6) is 0.474. The molecule has 1 amide bonds. The van der Waals surface area contributed by atoms with E-state index in [2.05, 4.69) is 21.7 Å². The molecule has 1 aliphatic heterocycles. The molecule has 7 heteroatoms. The van der Waals surface area contributed by atoms with E-state index in [9.17, 15) is 4.79 Å². The van der Waals surface area contributed by atoms with Crippen molar-refractivity contribution in [1.29, 1.82) is 0 Å². The average molecular weight is 335 g/mol. The molecule has 0 radical (unpaired) electrons. The van der Waals surface area contributed by atoms with Gasteiger partial charge in [-0.05, 0) is 17.5 Å². The van der Waals surface area contributed by atoms with E-state index in [0.29, 0.717) is 24.4 Å². The van der Waals surface area contributed by atoms with Crippen LogP contribution in [0.25, 0.3) is 0 Å². The summed E-state index contributed by atoms with van der Waals surface area (Å²) in [4.78, 5) is 15.9. The van der Waals surface area contributed by atoms with Gasteiger partial charge in [0.2, 0.25) is 0 Å². The fourth-order valence-electron chi connectivity index (χ4n) is 2.68. The Labute approximate surface area is 139 Å². The molecular formula is C16H21N3O3S. The van der Waals surface area contributed by atoms with Crippen molar-refractivity contribution in [2.75, 3.05) is 32.8 Å². The van der Waals surface area contributed by atoms with Crippen LogP contribution in [0.2, 0.25) is 0 Å². The maximum atomic E-state index is 12.3. The van der Waals surface area contributed by atoms with E-state index in [1.165, 1.54) is 11.1 Å². The van der Waals surface area contributed by atoms with Crippen LogP contribution in [0.4, 0.5) is 0 Å². The van der Waals surface area contributed by atoms with E-state index < -0.39 is 0 Å². The van der Waals surface area contributed by atoms with Crippen LogP contribution in [0.1, 0.15) is 27.0 Å².